The second-order valence-corrected chi connectivity index (χ2v) is 5.75. The Morgan fingerprint density at radius 1 is 1.14 bits per heavy atom. The second kappa shape index (κ2) is 9.36. The van der Waals surface area contributed by atoms with Crippen LogP contribution in [0.25, 0.3) is 0 Å². The Kier molecular flexibility index (Phi) is 6.91. The van der Waals surface area contributed by atoms with E-state index in [4.69, 9.17) is 14.2 Å². The van der Waals surface area contributed by atoms with Crippen LogP contribution in [0.2, 0.25) is 0 Å². The van der Waals surface area contributed by atoms with E-state index in [0.717, 1.165) is 0 Å². The molecule has 148 valence electrons. The standard InChI is InChI=1S/C19H20N2O7/c1-12(15-10-13(26-2)8-9-17(15)27-3)20-18(22)11-28-19(23)14-6-4-5-7-16(14)21(24)25/h4-10,12H,11H2,1-3H3,(H,20,22)/t12-/m0/s1. The zero-order valence-corrected chi connectivity index (χ0v) is 15.6. The van der Waals surface area contributed by atoms with E-state index in [1.807, 2.05) is 0 Å². The van der Waals surface area contributed by atoms with Crippen molar-refractivity contribution in [1.29, 1.82) is 0 Å². The van der Waals surface area contributed by atoms with Gasteiger partial charge in [0, 0.05) is 11.6 Å². The molecule has 0 saturated heterocycles. The van der Waals surface area contributed by atoms with E-state index in [-0.39, 0.29) is 11.3 Å². The van der Waals surface area contributed by atoms with Gasteiger partial charge in [0.15, 0.2) is 6.61 Å². The highest BCUT2D eigenvalue weighted by atomic mass is 16.6. The Bertz CT molecular complexity index is 882. The van der Waals surface area contributed by atoms with Crippen LogP contribution in [-0.4, -0.2) is 37.6 Å². The molecular formula is C19H20N2O7. The number of nitro groups is 1. The SMILES string of the molecule is COc1ccc(OC)c([C@H](C)NC(=O)COC(=O)c2ccccc2[N+](=O)[O-])c1. The molecule has 0 aliphatic carbocycles. The van der Waals surface area contributed by atoms with E-state index in [1.54, 1.807) is 25.1 Å². The van der Waals surface area contributed by atoms with Gasteiger partial charge in [-0.2, -0.15) is 0 Å². The third kappa shape index (κ3) is 4.97. The maximum atomic E-state index is 12.1. The number of hydrogen-bond donors (Lipinski definition) is 1. The molecule has 0 spiro atoms. The van der Waals surface area contributed by atoms with Crippen LogP contribution in [0.4, 0.5) is 5.69 Å². The van der Waals surface area contributed by atoms with E-state index in [1.165, 1.54) is 38.5 Å². The molecule has 0 aliphatic rings. The predicted octanol–water partition coefficient (Wildman–Crippen LogP) is 2.65. The molecule has 0 saturated carbocycles. The number of carbonyl (C=O) groups excluding carboxylic acids is 2. The largest absolute Gasteiger partial charge is 0.497 e. The molecule has 0 fully saturated rings. The minimum absolute atomic E-state index is 0.220. The van der Waals surface area contributed by atoms with Crippen LogP contribution in [-0.2, 0) is 9.53 Å². The van der Waals surface area contributed by atoms with Gasteiger partial charge in [-0.15, -0.1) is 0 Å². The van der Waals surface area contributed by atoms with Gasteiger partial charge in [-0.3, -0.25) is 14.9 Å². The Labute approximate surface area is 161 Å². The summed E-state index contributed by atoms with van der Waals surface area (Å²) < 4.78 is 15.4. The number of methoxy groups -OCH3 is 2. The number of nitrogens with one attached hydrogen (secondary N) is 1. The van der Waals surface area contributed by atoms with Crippen LogP contribution in [0.15, 0.2) is 42.5 Å². The zero-order chi connectivity index (χ0) is 20.7. The summed E-state index contributed by atoms with van der Waals surface area (Å²) in [5.41, 5.74) is 0.0745. The number of ether oxygens (including phenoxy) is 3. The topological polar surface area (TPSA) is 117 Å². The summed E-state index contributed by atoms with van der Waals surface area (Å²) in [6.07, 6.45) is 0. The minimum atomic E-state index is -0.950. The van der Waals surface area contributed by atoms with Crippen molar-refractivity contribution in [1.82, 2.24) is 5.32 Å². The maximum absolute atomic E-state index is 12.1. The number of nitro benzene ring substituents is 1. The number of para-hydroxylation sites is 1. The molecule has 1 N–H and O–H groups in total. The minimum Gasteiger partial charge on any atom is -0.497 e. The van der Waals surface area contributed by atoms with E-state index in [2.05, 4.69) is 5.32 Å². The summed E-state index contributed by atoms with van der Waals surface area (Å²) in [4.78, 5) is 34.5. The molecule has 0 heterocycles. The van der Waals surface area contributed by atoms with Crippen LogP contribution in [0.5, 0.6) is 11.5 Å². The molecule has 2 rings (SSSR count). The molecular weight excluding hydrogens is 368 g/mol. The first-order chi connectivity index (χ1) is 13.4. The van der Waals surface area contributed by atoms with E-state index >= 15 is 0 Å². The molecule has 2 aromatic rings. The Morgan fingerprint density at radius 3 is 2.50 bits per heavy atom. The third-order valence-corrected chi connectivity index (χ3v) is 3.94. The number of carbonyl (C=O) groups is 2. The highest BCUT2D eigenvalue weighted by molar-refractivity contribution is 5.95. The van der Waals surface area contributed by atoms with Crippen LogP contribution in [0.1, 0.15) is 28.9 Å². The fraction of sp³-hybridized carbons (Fsp3) is 0.263. The average molecular weight is 388 g/mol. The van der Waals surface area contributed by atoms with E-state index in [0.29, 0.717) is 17.1 Å². The monoisotopic (exact) mass is 388 g/mol. The Balaban J connectivity index is 2.01. The molecule has 0 aliphatic heterocycles. The van der Waals surface area contributed by atoms with Crippen LogP contribution < -0.4 is 14.8 Å². The fourth-order valence-corrected chi connectivity index (χ4v) is 2.55. The van der Waals surface area contributed by atoms with Crippen molar-refractivity contribution < 1.29 is 28.7 Å². The number of rotatable bonds is 8. The van der Waals surface area contributed by atoms with Crippen LogP contribution in [0.3, 0.4) is 0 Å². The highest BCUT2D eigenvalue weighted by Crippen LogP contribution is 2.29. The van der Waals surface area contributed by atoms with Gasteiger partial charge in [0.1, 0.15) is 17.1 Å². The summed E-state index contributed by atoms with van der Waals surface area (Å²) >= 11 is 0. The van der Waals surface area contributed by atoms with Gasteiger partial charge in [-0.25, -0.2) is 4.79 Å². The van der Waals surface area contributed by atoms with Gasteiger partial charge in [-0.05, 0) is 31.2 Å². The summed E-state index contributed by atoms with van der Waals surface area (Å²) in [5.74, 6) is -0.358. The fourth-order valence-electron chi connectivity index (χ4n) is 2.55. The lowest BCUT2D eigenvalue weighted by molar-refractivity contribution is -0.385. The van der Waals surface area contributed by atoms with Gasteiger partial charge in [-0.1, -0.05) is 12.1 Å². The smallest absolute Gasteiger partial charge is 0.345 e. The van der Waals surface area contributed by atoms with Crippen molar-refractivity contribution in [2.75, 3.05) is 20.8 Å². The van der Waals surface area contributed by atoms with Crippen LogP contribution >= 0.6 is 0 Å². The van der Waals surface area contributed by atoms with Crippen molar-refractivity contribution in [3.8, 4) is 11.5 Å². The molecule has 1 atom stereocenters. The first kappa shape index (κ1) is 20.7. The summed E-state index contributed by atoms with van der Waals surface area (Å²) in [6.45, 7) is 1.15. The average Bonchev–Trinajstić information content (AvgIpc) is 2.71. The number of esters is 1. The molecule has 0 bridgehead atoms. The molecule has 1 amide bonds. The third-order valence-electron chi connectivity index (χ3n) is 3.94. The van der Waals surface area contributed by atoms with Crippen molar-refractivity contribution in [3.63, 3.8) is 0 Å². The number of hydrogen-bond acceptors (Lipinski definition) is 7. The molecule has 0 unspecified atom stereocenters. The first-order valence-electron chi connectivity index (χ1n) is 8.29. The zero-order valence-electron chi connectivity index (χ0n) is 15.6. The molecule has 9 heteroatoms. The summed E-state index contributed by atoms with van der Waals surface area (Å²) in [5, 5.41) is 13.7. The van der Waals surface area contributed by atoms with Crippen molar-refractivity contribution in [2.24, 2.45) is 0 Å². The quantitative estimate of drug-likeness (QED) is 0.420. The lowest BCUT2D eigenvalue weighted by atomic mass is 10.1. The summed E-state index contributed by atoms with van der Waals surface area (Å²) in [7, 11) is 3.03. The van der Waals surface area contributed by atoms with E-state index < -0.39 is 29.4 Å². The Hall–Kier alpha value is -3.62. The van der Waals surface area contributed by atoms with Gasteiger partial charge in [0.2, 0.25) is 0 Å². The number of nitrogens with zero attached hydrogens (tertiary/aromatic N) is 1. The molecule has 28 heavy (non-hydrogen) atoms. The van der Waals surface area contributed by atoms with Gasteiger partial charge in [0.05, 0.1) is 25.2 Å². The van der Waals surface area contributed by atoms with Crippen molar-refractivity contribution in [3.05, 3.63) is 63.7 Å². The first-order valence-corrected chi connectivity index (χ1v) is 8.29. The molecule has 9 nitrogen and oxygen atoms in total. The normalized spacial score (nSPS) is 11.2. The van der Waals surface area contributed by atoms with Crippen molar-refractivity contribution >= 4 is 17.6 Å². The highest BCUT2D eigenvalue weighted by Gasteiger charge is 2.22. The number of amides is 1. The maximum Gasteiger partial charge on any atom is 0.345 e. The van der Waals surface area contributed by atoms with Gasteiger partial charge >= 0.3 is 5.97 Å². The van der Waals surface area contributed by atoms with Gasteiger partial charge in [0.25, 0.3) is 11.6 Å². The molecule has 0 aromatic heterocycles. The lowest BCUT2D eigenvalue weighted by Gasteiger charge is -2.18. The lowest BCUT2D eigenvalue weighted by Crippen LogP contribution is -2.31. The molecule has 0 radical (unpaired) electrons. The van der Waals surface area contributed by atoms with Crippen molar-refractivity contribution in [2.45, 2.75) is 13.0 Å². The second-order valence-electron chi connectivity index (χ2n) is 5.75. The summed E-state index contributed by atoms with van der Waals surface area (Å²) in [6, 6.07) is 10.1. The number of benzene rings is 2. The van der Waals surface area contributed by atoms with E-state index in [9.17, 15) is 19.7 Å². The predicted molar refractivity (Wildman–Crippen MR) is 99.5 cm³/mol. The molecule has 2 aromatic carbocycles. The van der Waals surface area contributed by atoms with Gasteiger partial charge < -0.3 is 19.5 Å². The Morgan fingerprint density at radius 2 is 1.86 bits per heavy atom. The van der Waals surface area contributed by atoms with Crippen LogP contribution in [0, 0.1) is 10.1 Å².